The highest BCUT2D eigenvalue weighted by Crippen LogP contribution is 2.18. The molecule has 2 heterocycles. The number of hydrogen-bond acceptors (Lipinski definition) is 3. The van der Waals surface area contributed by atoms with Crippen molar-refractivity contribution in [2.24, 2.45) is 5.92 Å². The van der Waals surface area contributed by atoms with Gasteiger partial charge in [0.15, 0.2) is 11.2 Å². The molecule has 31 heavy (non-hydrogen) atoms. The quantitative estimate of drug-likeness (QED) is 0.450. The molecule has 4 rings (SSSR count). The van der Waals surface area contributed by atoms with E-state index in [1.807, 2.05) is 13.8 Å². The fraction of sp³-hybridized carbons (Fsp3) is 0.261. The highest BCUT2D eigenvalue weighted by molar-refractivity contribution is 6.30. The van der Waals surface area contributed by atoms with E-state index in [-0.39, 0.29) is 30.1 Å². The minimum Gasteiger partial charge on any atom is -0.320 e. The van der Waals surface area contributed by atoms with Crippen LogP contribution >= 0.6 is 11.6 Å². The van der Waals surface area contributed by atoms with Gasteiger partial charge in [0.1, 0.15) is 5.82 Å². The summed E-state index contributed by atoms with van der Waals surface area (Å²) in [6.45, 7) is 4.47. The van der Waals surface area contributed by atoms with E-state index < -0.39 is 11.2 Å². The van der Waals surface area contributed by atoms with Gasteiger partial charge in [-0.3, -0.25) is 9.36 Å². The number of aromatic nitrogens is 4. The van der Waals surface area contributed by atoms with Crippen molar-refractivity contribution in [3.8, 4) is 5.69 Å². The van der Waals surface area contributed by atoms with Crippen molar-refractivity contribution in [1.29, 1.82) is 0 Å². The summed E-state index contributed by atoms with van der Waals surface area (Å²) < 4.78 is 18.5. The van der Waals surface area contributed by atoms with Crippen LogP contribution in [0, 0.1) is 11.7 Å². The van der Waals surface area contributed by atoms with E-state index in [1.165, 1.54) is 21.5 Å². The van der Waals surface area contributed by atoms with E-state index in [0.29, 0.717) is 28.6 Å². The Bertz CT molecular complexity index is 1350. The standard InChI is InChI=1S/C23H22ClFN4O2/c1-15(2)11-12-28-22(30)20-21(29(23(28)31)18-9-7-17(24)8-10-18)26-14-27(20)13-16-5-3-4-6-19(16)25/h3-10,14-15H,11-13H2,1-2H3. The van der Waals surface area contributed by atoms with Crippen LogP contribution in [0.3, 0.4) is 0 Å². The van der Waals surface area contributed by atoms with E-state index in [9.17, 15) is 14.0 Å². The molecule has 0 aliphatic rings. The van der Waals surface area contributed by atoms with Gasteiger partial charge in [0.25, 0.3) is 5.56 Å². The van der Waals surface area contributed by atoms with Crippen LogP contribution in [0.2, 0.25) is 5.02 Å². The molecule has 2 aromatic heterocycles. The van der Waals surface area contributed by atoms with Gasteiger partial charge in [-0.25, -0.2) is 18.7 Å². The zero-order valence-electron chi connectivity index (χ0n) is 17.3. The summed E-state index contributed by atoms with van der Waals surface area (Å²) in [6.07, 6.45) is 2.14. The highest BCUT2D eigenvalue weighted by atomic mass is 35.5. The first-order valence-electron chi connectivity index (χ1n) is 10.1. The lowest BCUT2D eigenvalue weighted by Gasteiger charge is -2.14. The van der Waals surface area contributed by atoms with Crippen LogP contribution < -0.4 is 11.2 Å². The maximum absolute atomic E-state index is 14.2. The fourth-order valence-corrected chi connectivity index (χ4v) is 3.64. The first-order valence-corrected chi connectivity index (χ1v) is 10.4. The van der Waals surface area contributed by atoms with Crippen LogP contribution in [0.4, 0.5) is 4.39 Å². The van der Waals surface area contributed by atoms with E-state index in [2.05, 4.69) is 4.98 Å². The van der Waals surface area contributed by atoms with Crippen LogP contribution in [0.15, 0.2) is 64.4 Å². The average Bonchev–Trinajstić information content (AvgIpc) is 3.14. The third-order valence-electron chi connectivity index (χ3n) is 5.21. The molecule has 0 radical (unpaired) electrons. The Kier molecular flexibility index (Phi) is 5.78. The van der Waals surface area contributed by atoms with Gasteiger partial charge in [0.05, 0.1) is 18.6 Å². The van der Waals surface area contributed by atoms with E-state index in [1.54, 1.807) is 47.0 Å². The van der Waals surface area contributed by atoms with Crippen LogP contribution in [-0.2, 0) is 13.1 Å². The molecule has 8 heteroatoms. The molecule has 0 amide bonds. The largest absolute Gasteiger partial charge is 0.337 e. The van der Waals surface area contributed by atoms with Gasteiger partial charge in [-0.1, -0.05) is 43.6 Å². The molecule has 0 bridgehead atoms. The summed E-state index contributed by atoms with van der Waals surface area (Å²) in [7, 11) is 0. The minimum absolute atomic E-state index is 0.126. The van der Waals surface area contributed by atoms with Gasteiger partial charge >= 0.3 is 5.69 Å². The summed E-state index contributed by atoms with van der Waals surface area (Å²) in [5.41, 5.74) is 0.570. The molecule has 0 unspecified atom stereocenters. The van der Waals surface area contributed by atoms with Crippen LogP contribution in [-0.4, -0.2) is 18.7 Å². The lowest BCUT2D eigenvalue weighted by atomic mass is 10.1. The van der Waals surface area contributed by atoms with Crippen molar-refractivity contribution >= 4 is 22.8 Å². The Hall–Kier alpha value is -3.19. The zero-order valence-corrected chi connectivity index (χ0v) is 18.0. The van der Waals surface area contributed by atoms with Crippen LogP contribution in [0.1, 0.15) is 25.8 Å². The molecule has 2 aromatic carbocycles. The Balaban J connectivity index is 1.97. The summed E-state index contributed by atoms with van der Waals surface area (Å²) in [4.78, 5) is 31.0. The smallest absolute Gasteiger partial charge is 0.320 e. The third-order valence-corrected chi connectivity index (χ3v) is 5.47. The maximum Gasteiger partial charge on any atom is 0.337 e. The second-order valence-corrected chi connectivity index (χ2v) is 8.31. The Morgan fingerprint density at radius 1 is 1.06 bits per heavy atom. The number of halogens is 2. The SMILES string of the molecule is CC(C)CCn1c(=O)c2c(ncn2Cc2ccccc2F)n(-c2ccc(Cl)cc2)c1=O. The predicted octanol–water partition coefficient (Wildman–Crippen LogP) is 4.24. The molecule has 0 aliphatic heterocycles. The molecule has 0 N–H and O–H groups in total. The van der Waals surface area contributed by atoms with E-state index >= 15 is 0 Å². The van der Waals surface area contributed by atoms with E-state index in [4.69, 9.17) is 11.6 Å². The molecule has 4 aromatic rings. The molecule has 0 spiro atoms. The van der Waals surface area contributed by atoms with Gasteiger partial charge < -0.3 is 4.57 Å². The predicted molar refractivity (Wildman–Crippen MR) is 120 cm³/mol. The zero-order chi connectivity index (χ0) is 22.1. The van der Waals surface area contributed by atoms with Crippen molar-refractivity contribution in [3.05, 3.63) is 92.1 Å². The molecule has 6 nitrogen and oxygen atoms in total. The first kappa shape index (κ1) is 21.1. The monoisotopic (exact) mass is 440 g/mol. The maximum atomic E-state index is 14.2. The molecular weight excluding hydrogens is 419 g/mol. The molecular formula is C23H22ClFN4O2. The summed E-state index contributed by atoms with van der Waals surface area (Å²) in [5.74, 6) is -0.0511. The Morgan fingerprint density at radius 2 is 1.77 bits per heavy atom. The van der Waals surface area contributed by atoms with Crippen molar-refractivity contribution in [1.82, 2.24) is 18.7 Å². The van der Waals surface area contributed by atoms with Gasteiger partial charge in [-0.05, 0) is 42.7 Å². The first-order chi connectivity index (χ1) is 14.9. The second kappa shape index (κ2) is 8.51. The summed E-state index contributed by atoms with van der Waals surface area (Å²) in [6, 6.07) is 13.1. The number of rotatable bonds is 6. The number of hydrogen-bond donors (Lipinski definition) is 0. The van der Waals surface area contributed by atoms with Crippen molar-refractivity contribution in [2.75, 3.05) is 0 Å². The number of benzene rings is 2. The van der Waals surface area contributed by atoms with E-state index in [0.717, 1.165) is 0 Å². The summed E-state index contributed by atoms with van der Waals surface area (Å²) >= 11 is 6.01. The molecule has 160 valence electrons. The lowest BCUT2D eigenvalue weighted by molar-refractivity contribution is 0.491. The summed E-state index contributed by atoms with van der Waals surface area (Å²) in [5, 5.41) is 0.534. The van der Waals surface area contributed by atoms with Gasteiger partial charge in [-0.15, -0.1) is 0 Å². The Morgan fingerprint density at radius 3 is 2.45 bits per heavy atom. The molecule has 0 atom stereocenters. The lowest BCUT2D eigenvalue weighted by Crippen LogP contribution is -2.40. The Labute approximate surface area is 183 Å². The van der Waals surface area contributed by atoms with Gasteiger partial charge in [-0.2, -0.15) is 0 Å². The van der Waals surface area contributed by atoms with Crippen LogP contribution in [0.5, 0.6) is 0 Å². The van der Waals surface area contributed by atoms with Crippen molar-refractivity contribution in [3.63, 3.8) is 0 Å². The average molecular weight is 441 g/mol. The fourth-order valence-electron chi connectivity index (χ4n) is 3.52. The van der Waals surface area contributed by atoms with Crippen molar-refractivity contribution < 1.29 is 4.39 Å². The third kappa shape index (κ3) is 4.05. The molecule has 0 fully saturated rings. The molecule has 0 saturated heterocycles. The number of nitrogens with zero attached hydrogens (tertiary/aromatic N) is 4. The normalized spacial score (nSPS) is 11.5. The minimum atomic E-state index is -0.461. The number of imidazole rings is 1. The topological polar surface area (TPSA) is 61.8 Å². The highest BCUT2D eigenvalue weighted by Gasteiger charge is 2.20. The van der Waals surface area contributed by atoms with Crippen molar-refractivity contribution in [2.45, 2.75) is 33.4 Å². The van der Waals surface area contributed by atoms with Gasteiger partial charge in [0, 0.05) is 17.1 Å². The van der Waals surface area contributed by atoms with Crippen LogP contribution in [0.25, 0.3) is 16.9 Å². The molecule has 0 saturated carbocycles. The van der Waals surface area contributed by atoms with Gasteiger partial charge in [0.2, 0.25) is 0 Å². The number of fused-ring (bicyclic) bond motifs is 1. The second-order valence-electron chi connectivity index (χ2n) is 7.87. The molecule has 0 aliphatic carbocycles.